The van der Waals surface area contributed by atoms with Crippen molar-refractivity contribution in [3.63, 3.8) is 0 Å². The summed E-state index contributed by atoms with van der Waals surface area (Å²) in [5.41, 5.74) is 2.41. The summed E-state index contributed by atoms with van der Waals surface area (Å²) in [7, 11) is -3.22. The Labute approximate surface area is 150 Å². The highest BCUT2D eigenvalue weighted by Crippen LogP contribution is 2.27. The van der Waals surface area contributed by atoms with E-state index in [1.165, 1.54) is 18.4 Å². The van der Waals surface area contributed by atoms with Crippen LogP contribution in [0.3, 0.4) is 0 Å². The molecule has 2 heterocycles. The number of aromatic amines is 1. The number of ether oxygens (including phenoxy) is 1. The number of aromatic nitrogens is 3. The van der Waals surface area contributed by atoms with Crippen molar-refractivity contribution < 1.29 is 13.2 Å². The number of sulfone groups is 1. The Balaban J connectivity index is 1.61. The average Bonchev–Trinajstić information content (AvgIpc) is 3.05. The van der Waals surface area contributed by atoms with Gasteiger partial charge in [-0.2, -0.15) is 0 Å². The summed E-state index contributed by atoms with van der Waals surface area (Å²) in [4.78, 5) is 12.3. The molecular weight excluding hydrogens is 350 g/mol. The van der Waals surface area contributed by atoms with Crippen LogP contribution >= 0.6 is 0 Å². The Kier molecular flexibility index (Phi) is 3.93. The first-order valence-electron chi connectivity index (χ1n) is 7.88. The van der Waals surface area contributed by atoms with E-state index in [-0.39, 0.29) is 4.90 Å². The summed E-state index contributed by atoms with van der Waals surface area (Å²) in [5, 5.41) is 0. The number of pyridine rings is 1. The summed E-state index contributed by atoms with van der Waals surface area (Å²) in [6.45, 7) is 0. The van der Waals surface area contributed by atoms with Gasteiger partial charge in [-0.15, -0.1) is 0 Å². The van der Waals surface area contributed by atoms with Crippen molar-refractivity contribution in [3.8, 4) is 23.0 Å². The van der Waals surface area contributed by atoms with E-state index in [4.69, 9.17) is 4.74 Å². The number of H-pyrrole nitrogens is 1. The highest BCUT2D eigenvalue weighted by molar-refractivity contribution is 7.90. The second-order valence-corrected chi connectivity index (χ2v) is 7.84. The van der Waals surface area contributed by atoms with E-state index in [2.05, 4.69) is 15.0 Å². The topological polar surface area (TPSA) is 84.9 Å². The van der Waals surface area contributed by atoms with Gasteiger partial charge in [-0.05, 0) is 48.5 Å². The van der Waals surface area contributed by atoms with Crippen LogP contribution in [0.1, 0.15) is 0 Å². The van der Waals surface area contributed by atoms with Crippen molar-refractivity contribution in [3.05, 3.63) is 66.9 Å². The molecule has 0 saturated carbocycles. The Morgan fingerprint density at radius 1 is 0.962 bits per heavy atom. The van der Waals surface area contributed by atoms with E-state index >= 15 is 0 Å². The molecule has 2 aromatic carbocycles. The van der Waals surface area contributed by atoms with Crippen LogP contribution in [0, 0.1) is 0 Å². The maximum Gasteiger partial charge on any atom is 0.175 e. The minimum atomic E-state index is -3.22. The van der Waals surface area contributed by atoms with Gasteiger partial charge in [0.25, 0.3) is 0 Å². The van der Waals surface area contributed by atoms with Gasteiger partial charge in [-0.1, -0.05) is 6.07 Å². The molecule has 0 saturated heterocycles. The average molecular weight is 365 g/mol. The summed E-state index contributed by atoms with van der Waals surface area (Å²) in [6, 6.07) is 17.5. The standard InChI is InChI=1S/C19H15N3O3S/c1-26(23,24)15-8-5-13(6-9-15)25-14-7-10-16-18(12-14)22-19(21-16)17-4-2-3-11-20-17/h2-12H,1H3,(H,21,22). The van der Waals surface area contributed by atoms with Gasteiger partial charge in [-0.3, -0.25) is 4.98 Å². The lowest BCUT2D eigenvalue weighted by molar-refractivity contribution is 0.483. The minimum absolute atomic E-state index is 0.258. The molecule has 2 aromatic heterocycles. The molecule has 4 aromatic rings. The Morgan fingerprint density at radius 3 is 2.42 bits per heavy atom. The molecule has 4 rings (SSSR count). The third-order valence-electron chi connectivity index (χ3n) is 3.85. The first-order valence-corrected chi connectivity index (χ1v) is 9.77. The van der Waals surface area contributed by atoms with E-state index < -0.39 is 9.84 Å². The molecule has 1 N–H and O–H groups in total. The predicted octanol–water partition coefficient (Wildman–Crippen LogP) is 3.82. The fourth-order valence-electron chi connectivity index (χ4n) is 2.57. The van der Waals surface area contributed by atoms with Crippen LogP contribution in [0.25, 0.3) is 22.6 Å². The normalized spacial score (nSPS) is 11.6. The largest absolute Gasteiger partial charge is 0.457 e. The molecule has 0 spiro atoms. The van der Waals surface area contributed by atoms with Gasteiger partial charge in [0.2, 0.25) is 0 Å². The van der Waals surface area contributed by atoms with E-state index in [1.54, 1.807) is 18.3 Å². The second kappa shape index (κ2) is 6.27. The van der Waals surface area contributed by atoms with Crippen molar-refractivity contribution in [2.45, 2.75) is 4.90 Å². The van der Waals surface area contributed by atoms with Crippen molar-refractivity contribution in [1.29, 1.82) is 0 Å². The number of nitrogens with one attached hydrogen (secondary N) is 1. The Morgan fingerprint density at radius 2 is 1.73 bits per heavy atom. The van der Waals surface area contributed by atoms with Gasteiger partial charge < -0.3 is 9.72 Å². The monoisotopic (exact) mass is 365 g/mol. The fourth-order valence-corrected chi connectivity index (χ4v) is 3.20. The summed E-state index contributed by atoms with van der Waals surface area (Å²) >= 11 is 0. The van der Waals surface area contributed by atoms with Crippen LogP contribution in [0.5, 0.6) is 11.5 Å². The van der Waals surface area contributed by atoms with E-state index in [9.17, 15) is 8.42 Å². The summed E-state index contributed by atoms with van der Waals surface area (Å²) in [5.74, 6) is 1.87. The number of hydrogen-bond acceptors (Lipinski definition) is 5. The van der Waals surface area contributed by atoms with Gasteiger partial charge in [-0.25, -0.2) is 13.4 Å². The fraction of sp³-hybridized carbons (Fsp3) is 0.0526. The lowest BCUT2D eigenvalue weighted by Crippen LogP contribution is -1.96. The number of nitrogens with zero attached hydrogens (tertiary/aromatic N) is 2. The van der Waals surface area contributed by atoms with Crippen LogP contribution < -0.4 is 4.74 Å². The lowest BCUT2D eigenvalue weighted by Gasteiger charge is -2.06. The molecule has 0 fully saturated rings. The summed E-state index contributed by atoms with van der Waals surface area (Å²) in [6.07, 6.45) is 2.89. The number of imidazole rings is 1. The highest BCUT2D eigenvalue weighted by atomic mass is 32.2. The lowest BCUT2D eigenvalue weighted by atomic mass is 10.3. The number of rotatable bonds is 4. The minimum Gasteiger partial charge on any atom is -0.457 e. The van der Waals surface area contributed by atoms with E-state index in [0.29, 0.717) is 17.3 Å². The molecule has 130 valence electrons. The molecule has 0 aliphatic heterocycles. The van der Waals surface area contributed by atoms with E-state index in [0.717, 1.165) is 16.7 Å². The highest BCUT2D eigenvalue weighted by Gasteiger charge is 2.09. The van der Waals surface area contributed by atoms with Gasteiger partial charge in [0.1, 0.15) is 17.2 Å². The second-order valence-electron chi connectivity index (χ2n) is 5.82. The van der Waals surface area contributed by atoms with Gasteiger partial charge in [0.15, 0.2) is 15.7 Å². The zero-order chi connectivity index (χ0) is 18.1. The first-order chi connectivity index (χ1) is 12.5. The van der Waals surface area contributed by atoms with E-state index in [1.807, 2.05) is 36.4 Å². The molecule has 0 aliphatic carbocycles. The quantitative estimate of drug-likeness (QED) is 0.594. The number of hydrogen-bond donors (Lipinski definition) is 1. The maximum absolute atomic E-state index is 11.5. The van der Waals surface area contributed by atoms with Crippen LogP contribution in [0.2, 0.25) is 0 Å². The van der Waals surface area contributed by atoms with Crippen LogP contribution in [-0.4, -0.2) is 29.6 Å². The maximum atomic E-state index is 11.5. The molecule has 0 unspecified atom stereocenters. The molecule has 0 radical (unpaired) electrons. The molecule has 7 heteroatoms. The third-order valence-corrected chi connectivity index (χ3v) is 4.98. The van der Waals surface area contributed by atoms with Crippen LogP contribution in [0.4, 0.5) is 0 Å². The molecule has 0 bridgehead atoms. The van der Waals surface area contributed by atoms with Gasteiger partial charge >= 0.3 is 0 Å². The van der Waals surface area contributed by atoms with Crippen molar-refractivity contribution in [2.75, 3.05) is 6.26 Å². The van der Waals surface area contributed by atoms with Crippen molar-refractivity contribution in [1.82, 2.24) is 15.0 Å². The van der Waals surface area contributed by atoms with Crippen LogP contribution in [-0.2, 0) is 9.84 Å². The zero-order valence-corrected chi connectivity index (χ0v) is 14.7. The Hall–Kier alpha value is -3.19. The molecule has 26 heavy (non-hydrogen) atoms. The SMILES string of the molecule is CS(=O)(=O)c1ccc(Oc2ccc3nc(-c4ccccn4)[nH]c3c2)cc1. The smallest absolute Gasteiger partial charge is 0.175 e. The molecule has 0 aliphatic rings. The predicted molar refractivity (Wildman–Crippen MR) is 99.0 cm³/mol. The molecule has 0 amide bonds. The first kappa shape index (κ1) is 16.3. The number of fused-ring (bicyclic) bond motifs is 1. The Bertz CT molecular complexity index is 1170. The molecular formula is C19H15N3O3S. The zero-order valence-electron chi connectivity index (χ0n) is 13.9. The van der Waals surface area contributed by atoms with Crippen molar-refractivity contribution in [2.24, 2.45) is 0 Å². The third kappa shape index (κ3) is 3.29. The molecule has 0 atom stereocenters. The summed E-state index contributed by atoms with van der Waals surface area (Å²) < 4.78 is 28.8. The van der Waals surface area contributed by atoms with Gasteiger partial charge in [0, 0.05) is 18.5 Å². The van der Waals surface area contributed by atoms with Gasteiger partial charge in [0.05, 0.1) is 15.9 Å². The van der Waals surface area contributed by atoms with Crippen LogP contribution in [0.15, 0.2) is 71.8 Å². The van der Waals surface area contributed by atoms with Crippen molar-refractivity contribution >= 4 is 20.9 Å². The number of benzene rings is 2. The molecule has 6 nitrogen and oxygen atoms in total.